The van der Waals surface area contributed by atoms with E-state index in [0.717, 1.165) is 23.0 Å². The van der Waals surface area contributed by atoms with Crippen LogP contribution in [0.4, 0.5) is 0 Å². The fraction of sp³-hybridized carbons (Fsp3) is 0.625. The number of benzene rings is 1. The van der Waals surface area contributed by atoms with E-state index in [1.54, 1.807) is 7.11 Å². The molecule has 4 rings (SSSR count). The van der Waals surface area contributed by atoms with Crippen LogP contribution in [-0.2, 0) is 16.1 Å². The van der Waals surface area contributed by atoms with Crippen LogP contribution in [0.1, 0.15) is 45.6 Å². The first-order valence-corrected chi connectivity index (χ1v) is 12.2. The van der Waals surface area contributed by atoms with Gasteiger partial charge in [0.25, 0.3) is 0 Å². The first-order valence-electron chi connectivity index (χ1n) is 11.2. The molecule has 1 aromatic heterocycles. The van der Waals surface area contributed by atoms with Gasteiger partial charge < -0.3 is 10.1 Å². The Balaban J connectivity index is 1.44. The van der Waals surface area contributed by atoms with Crippen molar-refractivity contribution >= 4 is 17.7 Å². The number of hydrogen-bond acceptors (Lipinski definition) is 5. The Morgan fingerprint density at radius 2 is 2.13 bits per heavy atom. The molecule has 0 unspecified atom stereocenters. The standard InChI is InChI=1S/C24H34N4O2S/c1-16-7-6-8-17(13-16)21-26-27-22(28(21)11-12-30-5)31-15-20(29)25-19-14-18-9-10-24(19,4)23(18,2)3/h6-8,13,18-19H,9-12,14-15H2,1-5H3,(H,25,29)/t18-,19-,24-/m1/s1. The number of methoxy groups -OCH3 is 1. The van der Waals surface area contributed by atoms with Crippen LogP contribution < -0.4 is 5.32 Å². The number of carbonyl (C=O) groups excluding carboxylic acids is 1. The molecule has 3 atom stereocenters. The maximum Gasteiger partial charge on any atom is 0.230 e. The highest BCUT2D eigenvalue weighted by atomic mass is 32.2. The number of amides is 1. The molecule has 2 fully saturated rings. The highest BCUT2D eigenvalue weighted by Crippen LogP contribution is 2.65. The van der Waals surface area contributed by atoms with E-state index in [2.05, 4.69) is 59.9 Å². The molecule has 2 saturated carbocycles. The number of thioether (sulfide) groups is 1. The number of nitrogens with one attached hydrogen (secondary N) is 1. The van der Waals surface area contributed by atoms with Gasteiger partial charge in [0.1, 0.15) is 0 Å². The quantitative estimate of drug-likeness (QED) is 0.617. The van der Waals surface area contributed by atoms with Crippen molar-refractivity contribution in [3.63, 3.8) is 0 Å². The third kappa shape index (κ3) is 4.02. The molecular weight excluding hydrogens is 408 g/mol. The van der Waals surface area contributed by atoms with E-state index in [0.29, 0.717) is 30.2 Å². The molecular formula is C24H34N4O2S. The van der Waals surface area contributed by atoms with E-state index in [1.807, 2.05) is 12.1 Å². The predicted octanol–water partition coefficient (Wildman–Crippen LogP) is 4.32. The van der Waals surface area contributed by atoms with Crippen LogP contribution in [0.15, 0.2) is 29.4 Å². The first-order chi connectivity index (χ1) is 14.8. The average molecular weight is 443 g/mol. The molecule has 2 bridgehead atoms. The van der Waals surface area contributed by atoms with Gasteiger partial charge in [-0.3, -0.25) is 9.36 Å². The molecule has 1 amide bonds. The molecule has 1 aromatic carbocycles. The lowest BCUT2D eigenvalue weighted by Gasteiger charge is -2.39. The van der Waals surface area contributed by atoms with Crippen LogP contribution in [0.3, 0.4) is 0 Å². The summed E-state index contributed by atoms with van der Waals surface area (Å²) >= 11 is 1.45. The van der Waals surface area contributed by atoms with Crippen molar-refractivity contribution in [1.82, 2.24) is 20.1 Å². The lowest BCUT2D eigenvalue weighted by Crippen LogP contribution is -2.47. The van der Waals surface area contributed by atoms with Crippen LogP contribution in [0.25, 0.3) is 11.4 Å². The van der Waals surface area contributed by atoms with Gasteiger partial charge >= 0.3 is 0 Å². The van der Waals surface area contributed by atoms with E-state index in [1.165, 1.54) is 30.2 Å². The zero-order valence-corrected chi connectivity index (χ0v) is 20.1. The van der Waals surface area contributed by atoms with Crippen molar-refractivity contribution in [1.29, 1.82) is 0 Å². The minimum absolute atomic E-state index is 0.0815. The monoisotopic (exact) mass is 442 g/mol. The minimum atomic E-state index is 0.0815. The van der Waals surface area contributed by atoms with Crippen molar-refractivity contribution < 1.29 is 9.53 Å². The third-order valence-corrected chi connectivity index (χ3v) is 8.94. The third-order valence-electron chi connectivity index (χ3n) is 7.97. The molecule has 0 spiro atoms. The molecule has 0 aliphatic heterocycles. The second kappa shape index (κ2) is 8.58. The Kier molecular flexibility index (Phi) is 6.19. The summed E-state index contributed by atoms with van der Waals surface area (Å²) in [7, 11) is 1.69. The van der Waals surface area contributed by atoms with Crippen LogP contribution in [-0.4, -0.2) is 46.2 Å². The topological polar surface area (TPSA) is 69.0 Å². The van der Waals surface area contributed by atoms with Gasteiger partial charge in [-0.15, -0.1) is 10.2 Å². The minimum Gasteiger partial charge on any atom is -0.383 e. The molecule has 7 heteroatoms. The molecule has 31 heavy (non-hydrogen) atoms. The van der Waals surface area contributed by atoms with Gasteiger partial charge in [0.15, 0.2) is 11.0 Å². The summed E-state index contributed by atoms with van der Waals surface area (Å²) in [6.45, 7) is 10.4. The Morgan fingerprint density at radius 1 is 1.32 bits per heavy atom. The largest absolute Gasteiger partial charge is 0.383 e. The SMILES string of the molecule is COCCn1c(SCC(=O)N[C@@H]2C[C@H]3CC[C@@]2(C)C3(C)C)nnc1-c1cccc(C)c1. The van der Waals surface area contributed by atoms with E-state index in [-0.39, 0.29) is 17.4 Å². The molecule has 2 aromatic rings. The number of fused-ring (bicyclic) bond motifs is 2. The Hall–Kier alpha value is -1.86. The number of rotatable bonds is 8. The van der Waals surface area contributed by atoms with E-state index in [9.17, 15) is 4.79 Å². The highest BCUT2D eigenvalue weighted by molar-refractivity contribution is 7.99. The van der Waals surface area contributed by atoms with Gasteiger partial charge in [-0.1, -0.05) is 56.3 Å². The van der Waals surface area contributed by atoms with Crippen LogP contribution in [0.2, 0.25) is 0 Å². The second-order valence-corrected chi connectivity index (χ2v) is 10.8. The fourth-order valence-corrected chi connectivity index (χ4v) is 6.34. The molecule has 2 aliphatic carbocycles. The summed E-state index contributed by atoms with van der Waals surface area (Å²) < 4.78 is 7.35. The number of aromatic nitrogens is 3. The normalized spacial score (nSPS) is 26.4. The maximum absolute atomic E-state index is 12.8. The number of carbonyl (C=O) groups is 1. The van der Waals surface area contributed by atoms with Crippen molar-refractivity contribution in [2.75, 3.05) is 19.5 Å². The van der Waals surface area contributed by atoms with Crippen LogP contribution in [0, 0.1) is 23.7 Å². The summed E-state index contributed by atoms with van der Waals surface area (Å²) in [4.78, 5) is 12.8. The molecule has 0 saturated heterocycles. The molecule has 1 heterocycles. The van der Waals surface area contributed by atoms with Gasteiger partial charge in [0, 0.05) is 18.7 Å². The summed E-state index contributed by atoms with van der Waals surface area (Å²) in [5.74, 6) is 1.95. The predicted molar refractivity (Wildman–Crippen MR) is 124 cm³/mol. The Morgan fingerprint density at radius 3 is 2.77 bits per heavy atom. The zero-order chi connectivity index (χ0) is 22.2. The number of nitrogens with zero attached hydrogens (tertiary/aromatic N) is 3. The second-order valence-electron chi connectivity index (χ2n) is 9.84. The summed E-state index contributed by atoms with van der Waals surface area (Å²) in [6.07, 6.45) is 3.59. The van der Waals surface area contributed by atoms with Gasteiger partial charge in [0.05, 0.1) is 18.9 Å². The van der Waals surface area contributed by atoms with Crippen LogP contribution in [0.5, 0.6) is 0 Å². The lowest BCUT2D eigenvalue weighted by molar-refractivity contribution is -0.120. The average Bonchev–Trinajstić information content (AvgIpc) is 3.29. The van der Waals surface area contributed by atoms with Crippen molar-refractivity contribution in [2.45, 2.75) is 64.7 Å². The van der Waals surface area contributed by atoms with Gasteiger partial charge in [-0.2, -0.15) is 0 Å². The highest BCUT2D eigenvalue weighted by Gasteiger charge is 2.61. The van der Waals surface area contributed by atoms with Gasteiger partial charge in [0.2, 0.25) is 5.91 Å². The fourth-order valence-electron chi connectivity index (χ4n) is 5.57. The smallest absolute Gasteiger partial charge is 0.230 e. The van der Waals surface area contributed by atoms with Gasteiger partial charge in [-0.25, -0.2) is 0 Å². The van der Waals surface area contributed by atoms with E-state index in [4.69, 9.17) is 4.74 Å². The zero-order valence-electron chi connectivity index (χ0n) is 19.3. The maximum atomic E-state index is 12.8. The summed E-state index contributed by atoms with van der Waals surface area (Å²) in [6, 6.07) is 8.50. The van der Waals surface area contributed by atoms with Crippen molar-refractivity contribution in [3.05, 3.63) is 29.8 Å². The van der Waals surface area contributed by atoms with E-state index < -0.39 is 0 Å². The molecule has 1 N–H and O–H groups in total. The number of hydrogen-bond donors (Lipinski definition) is 1. The Bertz CT molecular complexity index is 957. The Labute approximate surface area is 189 Å². The van der Waals surface area contributed by atoms with E-state index >= 15 is 0 Å². The molecule has 168 valence electrons. The molecule has 6 nitrogen and oxygen atoms in total. The van der Waals surface area contributed by atoms with Crippen LogP contribution >= 0.6 is 11.8 Å². The van der Waals surface area contributed by atoms with Crippen molar-refractivity contribution in [3.8, 4) is 11.4 Å². The number of ether oxygens (including phenoxy) is 1. The van der Waals surface area contributed by atoms with Gasteiger partial charge in [-0.05, 0) is 49.0 Å². The summed E-state index contributed by atoms with van der Waals surface area (Å²) in [5.41, 5.74) is 2.68. The lowest BCUT2D eigenvalue weighted by atomic mass is 9.69. The molecule has 2 aliphatic rings. The first kappa shape index (κ1) is 22.3. The number of aryl methyl sites for hydroxylation is 1. The van der Waals surface area contributed by atoms with Crippen molar-refractivity contribution in [2.24, 2.45) is 16.7 Å². The molecule has 0 radical (unpaired) electrons. The summed E-state index contributed by atoms with van der Waals surface area (Å²) in [5, 5.41) is 12.9.